The molecule has 25 heavy (non-hydrogen) atoms. The number of nitrogens with two attached hydrogens (primary N) is 1. The average Bonchev–Trinajstić information content (AvgIpc) is 2.61. The van der Waals surface area contributed by atoms with Crippen LogP contribution in [0.1, 0.15) is 18.5 Å². The van der Waals surface area contributed by atoms with Crippen LogP contribution in [0.4, 0.5) is 4.39 Å². The molecule has 134 valence electrons. The predicted octanol–water partition coefficient (Wildman–Crippen LogP) is 2.92. The van der Waals surface area contributed by atoms with Gasteiger partial charge >= 0.3 is 0 Å². The summed E-state index contributed by atoms with van der Waals surface area (Å²) in [5.74, 6) is -0.104. The number of ether oxygens (including phenoxy) is 1. The molecule has 0 bridgehead atoms. The number of hydrogen-bond acceptors (Lipinski definition) is 4. The van der Waals surface area contributed by atoms with Crippen molar-refractivity contribution in [1.29, 1.82) is 0 Å². The predicted molar refractivity (Wildman–Crippen MR) is 95.4 cm³/mol. The van der Waals surface area contributed by atoms with E-state index in [4.69, 9.17) is 10.5 Å². The molecule has 2 rings (SSSR count). The third kappa shape index (κ3) is 5.67. The molecule has 0 aromatic heterocycles. The zero-order chi connectivity index (χ0) is 18.3. The molecule has 3 N–H and O–H groups in total. The summed E-state index contributed by atoms with van der Waals surface area (Å²) >= 11 is 0. The first kappa shape index (κ1) is 19.1. The molecule has 0 aliphatic carbocycles. The second-order valence-corrected chi connectivity index (χ2v) is 7.11. The number of nitrogens with one attached hydrogen (secondary N) is 1. The molecule has 0 radical (unpaired) electrons. The summed E-state index contributed by atoms with van der Waals surface area (Å²) in [4.78, 5) is 0.112. The molecular weight excluding hydrogens is 343 g/mol. The van der Waals surface area contributed by atoms with Crippen LogP contribution in [0, 0.1) is 0 Å². The number of benzene rings is 2. The topological polar surface area (TPSA) is 81.4 Å². The summed E-state index contributed by atoms with van der Waals surface area (Å²) in [5.41, 5.74) is 6.07. The van der Waals surface area contributed by atoms with Gasteiger partial charge in [-0.15, -0.1) is 0 Å². The molecule has 0 fully saturated rings. The van der Waals surface area contributed by atoms with Crippen LogP contribution in [0.25, 0.3) is 0 Å². The van der Waals surface area contributed by atoms with E-state index in [1.54, 1.807) is 6.92 Å². The second-order valence-electron chi connectivity index (χ2n) is 5.40. The molecule has 2 aromatic carbocycles. The van der Waals surface area contributed by atoms with E-state index in [9.17, 15) is 12.8 Å². The number of hydrogen-bond donors (Lipinski definition) is 2. The van der Waals surface area contributed by atoms with Crippen LogP contribution < -0.4 is 15.2 Å². The fraction of sp³-hybridized carbons (Fsp3) is 0.222. The van der Waals surface area contributed by atoms with Gasteiger partial charge in [0.2, 0.25) is 10.0 Å². The Hall–Kier alpha value is -2.22. The monoisotopic (exact) mass is 364 g/mol. The van der Waals surface area contributed by atoms with Crippen LogP contribution in [0.15, 0.2) is 71.4 Å². The van der Waals surface area contributed by atoms with Crippen LogP contribution in [0.5, 0.6) is 5.75 Å². The maximum atomic E-state index is 13.2. The zero-order valence-corrected chi connectivity index (χ0v) is 14.7. The minimum absolute atomic E-state index is 0.0949. The Kier molecular flexibility index (Phi) is 6.69. The van der Waals surface area contributed by atoms with E-state index in [1.807, 2.05) is 30.3 Å². The van der Waals surface area contributed by atoms with Crippen LogP contribution in [-0.2, 0) is 10.0 Å². The van der Waals surface area contributed by atoms with Crippen LogP contribution >= 0.6 is 0 Å². The molecule has 5 nitrogen and oxygen atoms in total. The third-order valence-electron chi connectivity index (χ3n) is 3.48. The van der Waals surface area contributed by atoms with Gasteiger partial charge in [0.05, 0.1) is 4.90 Å². The van der Waals surface area contributed by atoms with E-state index in [-0.39, 0.29) is 24.1 Å². The lowest BCUT2D eigenvalue weighted by Crippen LogP contribution is -2.26. The van der Waals surface area contributed by atoms with E-state index in [1.165, 1.54) is 30.3 Å². The summed E-state index contributed by atoms with van der Waals surface area (Å²) in [5, 5.41) is 0. The first-order valence-electron chi connectivity index (χ1n) is 7.77. The smallest absolute Gasteiger partial charge is 0.241 e. The average molecular weight is 364 g/mol. The Bertz CT molecular complexity index is 806. The summed E-state index contributed by atoms with van der Waals surface area (Å²) < 4.78 is 45.9. The van der Waals surface area contributed by atoms with Crippen molar-refractivity contribution in [3.63, 3.8) is 0 Å². The minimum Gasteiger partial charge on any atom is -0.487 e. The van der Waals surface area contributed by atoms with Gasteiger partial charge in [-0.2, -0.15) is 0 Å². The van der Waals surface area contributed by atoms with Crippen molar-refractivity contribution in [1.82, 2.24) is 4.72 Å². The first-order valence-corrected chi connectivity index (χ1v) is 9.25. The highest BCUT2D eigenvalue weighted by Gasteiger charge is 2.18. The van der Waals surface area contributed by atoms with Crippen LogP contribution in [-0.4, -0.2) is 21.6 Å². The van der Waals surface area contributed by atoms with Crippen molar-refractivity contribution in [3.8, 4) is 5.75 Å². The van der Waals surface area contributed by atoms with E-state index < -0.39 is 15.9 Å². The van der Waals surface area contributed by atoms with Gasteiger partial charge < -0.3 is 10.5 Å². The molecule has 0 aliphatic rings. The maximum absolute atomic E-state index is 13.2. The lowest BCUT2D eigenvalue weighted by atomic mass is 10.1. The molecule has 0 saturated carbocycles. The van der Waals surface area contributed by atoms with E-state index >= 15 is 0 Å². The normalized spacial score (nSPS) is 13.5. The SMILES string of the molecule is C[C@H](NS(=O)(=O)c1ccc(OCC(F)=CCN)cc1)c1ccccc1. The van der Waals surface area contributed by atoms with Gasteiger partial charge in [0.25, 0.3) is 0 Å². The Morgan fingerprint density at radius 1 is 1.20 bits per heavy atom. The Labute approximate surface area is 147 Å². The van der Waals surface area contributed by atoms with Crippen LogP contribution in [0.2, 0.25) is 0 Å². The van der Waals surface area contributed by atoms with Gasteiger partial charge in [0, 0.05) is 12.6 Å². The maximum Gasteiger partial charge on any atom is 0.241 e. The summed E-state index contributed by atoms with van der Waals surface area (Å²) in [6.07, 6.45) is 1.22. The van der Waals surface area contributed by atoms with Gasteiger partial charge in [-0.25, -0.2) is 17.5 Å². The van der Waals surface area contributed by atoms with Crippen LogP contribution in [0.3, 0.4) is 0 Å². The molecule has 0 heterocycles. The van der Waals surface area contributed by atoms with Gasteiger partial charge in [0.1, 0.15) is 18.2 Å². The Morgan fingerprint density at radius 3 is 2.44 bits per heavy atom. The highest BCUT2D eigenvalue weighted by molar-refractivity contribution is 7.89. The minimum atomic E-state index is -3.67. The lowest BCUT2D eigenvalue weighted by Gasteiger charge is -2.15. The summed E-state index contributed by atoms with van der Waals surface area (Å²) in [6, 6.07) is 14.7. The number of sulfonamides is 1. The van der Waals surface area contributed by atoms with Gasteiger partial charge in [0.15, 0.2) is 0 Å². The molecule has 7 heteroatoms. The van der Waals surface area contributed by atoms with Crippen molar-refractivity contribution in [3.05, 3.63) is 72.1 Å². The van der Waals surface area contributed by atoms with E-state index in [0.29, 0.717) is 5.75 Å². The highest BCUT2D eigenvalue weighted by atomic mass is 32.2. The van der Waals surface area contributed by atoms with Gasteiger partial charge in [-0.3, -0.25) is 0 Å². The zero-order valence-electron chi connectivity index (χ0n) is 13.9. The molecular formula is C18H21FN2O3S. The fourth-order valence-corrected chi connectivity index (χ4v) is 3.40. The van der Waals surface area contributed by atoms with E-state index in [2.05, 4.69) is 4.72 Å². The molecule has 1 atom stereocenters. The number of halogens is 1. The molecule has 0 aliphatic heterocycles. The van der Waals surface area contributed by atoms with Gasteiger partial charge in [-0.05, 0) is 42.8 Å². The quantitative estimate of drug-likeness (QED) is 0.755. The van der Waals surface area contributed by atoms with Crippen molar-refractivity contribution < 1.29 is 17.5 Å². The number of rotatable bonds is 8. The standard InChI is InChI=1S/C18H21FN2O3S/c1-14(15-5-3-2-4-6-15)21-25(22,23)18-9-7-17(8-10-18)24-13-16(19)11-12-20/h2-11,14,21H,12-13,20H2,1H3/t14-/m0/s1. The molecule has 2 aromatic rings. The third-order valence-corrected chi connectivity index (χ3v) is 5.04. The molecule has 0 unspecified atom stereocenters. The van der Waals surface area contributed by atoms with Crippen molar-refractivity contribution in [2.45, 2.75) is 17.9 Å². The Balaban J connectivity index is 2.03. The van der Waals surface area contributed by atoms with Crippen molar-refractivity contribution in [2.75, 3.05) is 13.2 Å². The highest BCUT2D eigenvalue weighted by Crippen LogP contribution is 2.19. The lowest BCUT2D eigenvalue weighted by molar-refractivity contribution is 0.318. The largest absolute Gasteiger partial charge is 0.487 e. The van der Waals surface area contributed by atoms with E-state index in [0.717, 1.165) is 5.56 Å². The Morgan fingerprint density at radius 2 is 1.84 bits per heavy atom. The van der Waals surface area contributed by atoms with Gasteiger partial charge in [-0.1, -0.05) is 30.3 Å². The molecule has 0 saturated heterocycles. The molecule has 0 spiro atoms. The summed E-state index contributed by atoms with van der Waals surface area (Å²) in [7, 11) is -3.67. The summed E-state index contributed by atoms with van der Waals surface area (Å²) in [6.45, 7) is 1.63. The first-order chi connectivity index (χ1) is 11.9. The van der Waals surface area contributed by atoms with Crippen molar-refractivity contribution in [2.24, 2.45) is 5.73 Å². The molecule has 0 amide bonds. The fourth-order valence-electron chi connectivity index (χ4n) is 2.16. The van der Waals surface area contributed by atoms with Crippen molar-refractivity contribution >= 4 is 10.0 Å². The second kappa shape index (κ2) is 8.75.